The number of hydrogen-bond donors (Lipinski definition) is 0. The van der Waals surface area contributed by atoms with E-state index < -0.39 is 41.0 Å². The molecule has 1 aliphatic carbocycles. The molecule has 176 valence electrons. The third kappa shape index (κ3) is 4.20. The average molecular weight is 486 g/mol. The molecule has 0 aromatic heterocycles. The maximum atomic E-state index is 13.3. The molecule has 3 aromatic carbocycles. The molecule has 0 N–H and O–H groups in total. The fourth-order valence-electron chi connectivity index (χ4n) is 3.74. The maximum absolute atomic E-state index is 13.3. The van der Waals surface area contributed by atoms with Gasteiger partial charge in [0, 0.05) is 16.7 Å². The zero-order chi connectivity index (χ0) is 25.1. The van der Waals surface area contributed by atoms with Crippen molar-refractivity contribution in [3.8, 4) is 0 Å². The summed E-state index contributed by atoms with van der Waals surface area (Å²) in [6.07, 6.45) is -14.1. The van der Waals surface area contributed by atoms with Gasteiger partial charge in [0.15, 0.2) is 5.78 Å². The van der Waals surface area contributed by atoms with Crippen LogP contribution in [0.2, 0.25) is 0 Å². The Kier molecular flexibility index (Phi) is 5.38. The lowest BCUT2D eigenvalue weighted by Gasteiger charge is -2.13. The molecule has 1 aliphatic rings. The van der Waals surface area contributed by atoms with Crippen LogP contribution in [0.3, 0.4) is 0 Å². The van der Waals surface area contributed by atoms with E-state index in [0.717, 1.165) is 30.3 Å². The molecule has 0 atom stereocenters. The van der Waals surface area contributed by atoms with Crippen molar-refractivity contribution >= 4 is 16.9 Å². The monoisotopic (exact) mass is 486 g/mol. The van der Waals surface area contributed by atoms with Gasteiger partial charge in [-0.1, -0.05) is 24.3 Å². The van der Waals surface area contributed by atoms with Crippen LogP contribution in [-0.4, -0.2) is 5.78 Å². The van der Waals surface area contributed by atoms with Crippen LogP contribution in [-0.2, 0) is 18.5 Å². The Morgan fingerprint density at radius 3 is 1.24 bits per heavy atom. The molecule has 0 aliphatic heterocycles. The Morgan fingerprint density at radius 1 is 0.441 bits per heavy atom. The Morgan fingerprint density at radius 2 is 0.824 bits per heavy atom. The van der Waals surface area contributed by atoms with E-state index in [1.807, 2.05) is 0 Å². The van der Waals surface area contributed by atoms with E-state index in [1.165, 1.54) is 0 Å². The predicted octanol–water partition coefficient (Wildman–Crippen LogP) is 7.90. The molecule has 0 spiro atoms. The molecular formula is C24H11F9O. The first-order valence-electron chi connectivity index (χ1n) is 9.54. The van der Waals surface area contributed by atoms with Gasteiger partial charge in [0.1, 0.15) is 0 Å². The van der Waals surface area contributed by atoms with Gasteiger partial charge in [0.2, 0.25) is 0 Å². The third-order valence-electron chi connectivity index (χ3n) is 5.34. The molecule has 34 heavy (non-hydrogen) atoms. The van der Waals surface area contributed by atoms with Gasteiger partial charge in [0.25, 0.3) is 0 Å². The quantitative estimate of drug-likeness (QED) is 0.337. The molecule has 0 heterocycles. The van der Waals surface area contributed by atoms with Crippen LogP contribution in [0.4, 0.5) is 39.5 Å². The molecule has 0 bridgehead atoms. The van der Waals surface area contributed by atoms with Crippen molar-refractivity contribution in [2.45, 2.75) is 18.5 Å². The summed E-state index contributed by atoms with van der Waals surface area (Å²) in [5.41, 5.74) is -3.73. The van der Waals surface area contributed by atoms with Crippen molar-refractivity contribution in [2.24, 2.45) is 0 Å². The summed E-state index contributed by atoms with van der Waals surface area (Å²) >= 11 is 0. The van der Waals surface area contributed by atoms with Crippen molar-refractivity contribution in [1.29, 1.82) is 0 Å². The molecule has 0 radical (unpaired) electrons. The minimum atomic E-state index is -4.76. The summed E-state index contributed by atoms with van der Waals surface area (Å²) in [5, 5.41) is 0. The maximum Gasteiger partial charge on any atom is 0.416 e. The molecule has 1 nitrogen and oxygen atoms in total. The Bertz CT molecular complexity index is 1290. The Balaban J connectivity index is 1.95. The second-order valence-corrected chi connectivity index (χ2v) is 7.49. The fraction of sp³-hybridized carbons (Fsp3) is 0.125. The fourth-order valence-corrected chi connectivity index (χ4v) is 3.74. The highest BCUT2D eigenvalue weighted by Gasteiger charge is 2.37. The van der Waals surface area contributed by atoms with Gasteiger partial charge >= 0.3 is 18.5 Å². The number of allylic oxidation sites excluding steroid dienone is 1. The molecule has 0 amide bonds. The molecule has 0 fully saturated rings. The van der Waals surface area contributed by atoms with Crippen LogP contribution in [0.25, 0.3) is 11.1 Å². The van der Waals surface area contributed by atoms with Crippen LogP contribution >= 0.6 is 0 Å². The van der Waals surface area contributed by atoms with Crippen LogP contribution in [0.5, 0.6) is 0 Å². The predicted molar refractivity (Wildman–Crippen MR) is 105 cm³/mol. The standard InChI is InChI=1S/C24H11F9O/c25-22(26,27)14-5-1-12(2-6-14)19-18-11-16(24(31,32)33)9-10-17(18)21(34)20(19)13-3-7-15(8-4-13)23(28,29)30/h1-11H. The van der Waals surface area contributed by atoms with Gasteiger partial charge in [-0.2, -0.15) is 39.5 Å². The average Bonchev–Trinajstić information content (AvgIpc) is 3.04. The topological polar surface area (TPSA) is 17.1 Å². The molecule has 3 aromatic rings. The molecule has 0 saturated heterocycles. The van der Waals surface area contributed by atoms with Crippen LogP contribution < -0.4 is 0 Å². The lowest BCUT2D eigenvalue weighted by atomic mass is 9.92. The van der Waals surface area contributed by atoms with Crippen molar-refractivity contribution in [1.82, 2.24) is 0 Å². The first-order valence-corrected chi connectivity index (χ1v) is 9.54. The van der Waals surface area contributed by atoms with E-state index in [1.54, 1.807) is 0 Å². The van der Waals surface area contributed by atoms with E-state index >= 15 is 0 Å². The zero-order valence-corrected chi connectivity index (χ0v) is 16.7. The van der Waals surface area contributed by atoms with Gasteiger partial charge in [-0.05, 0) is 59.2 Å². The van der Waals surface area contributed by atoms with Crippen molar-refractivity contribution in [3.63, 3.8) is 0 Å². The SMILES string of the molecule is O=C1C(c2ccc(C(F)(F)F)cc2)=C(c2ccc(C(F)(F)F)cc2)c2cc(C(F)(F)F)ccc21. The van der Waals surface area contributed by atoms with Gasteiger partial charge < -0.3 is 0 Å². The summed E-state index contributed by atoms with van der Waals surface area (Å²) in [7, 11) is 0. The lowest BCUT2D eigenvalue weighted by molar-refractivity contribution is -0.138. The summed E-state index contributed by atoms with van der Waals surface area (Å²) in [4.78, 5) is 13.1. The van der Waals surface area contributed by atoms with Crippen molar-refractivity contribution in [3.05, 3.63) is 106 Å². The van der Waals surface area contributed by atoms with Gasteiger partial charge in [-0.15, -0.1) is 0 Å². The normalized spacial score (nSPS) is 14.6. The van der Waals surface area contributed by atoms with Crippen molar-refractivity contribution in [2.75, 3.05) is 0 Å². The van der Waals surface area contributed by atoms with Crippen LogP contribution in [0.15, 0.2) is 66.7 Å². The third-order valence-corrected chi connectivity index (χ3v) is 5.34. The van der Waals surface area contributed by atoms with Crippen LogP contribution in [0.1, 0.15) is 43.7 Å². The summed E-state index contributed by atoms with van der Waals surface area (Å²) in [5.74, 6) is -0.751. The highest BCUT2D eigenvalue weighted by molar-refractivity contribution is 6.41. The van der Waals surface area contributed by atoms with E-state index in [4.69, 9.17) is 0 Å². The first-order chi connectivity index (χ1) is 15.7. The van der Waals surface area contributed by atoms with E-state index in [2.05, 4.69) is 0 Å². The second-order valence-electron chi connectivity index (χ2n) is 7.49. The highest BCUT2D eigenvalue weighted by Crippen LogP contribution is 2.45. The smallest absolute Gasteiger partial charge is 0.289 e. The number of Topliss-reactive ketones (excluding diaryl/α,β-unsaturated/α-hetero) is 1. The number of ketones is 1. The summed E-state index contributed by atoms with van der Waals surface area (Å²) in [6.45, 7) is 0. The molecular weight excluding hydrogens is 475 g/mol. The van der Waals surface area contributed by atoms with Crippen LogP contribution in [0, 0.1) is 0 Å². The second kappa shape index (κ2) is 7.75. The number of rotatable bonds is 2. The number of carbonyl (C=O) groups excluding carboxylic acids is 1. The zero-order valence-electron chi connectivity index (χ0n) is 16.7. The number of halogens is 9. The Labute approximate surface area is 186 Å². The number of hydrogen-bond acceptors (Lipinski definition) is 1. The molecule has 0 saturated carbocycles. The summed E-state index contributed by atoms with van der Waals surface area (Å²) in [6, 6.07) is 9.19. The summed E-state index contributed by atoms with van der Waals surface area (Å²) < 4.78 is 118. The van der Waals surface area contributed by atoms with Crippen molar-refractivity contribution < 1.29 is 44.3 Å². The number of fused-ring (bicyclic) bond motifs is 1. The molecule has 10 heteroatoms. The van der Waals surface area contributed by atoms with E-state index in [0.29, 0.717) is 36.4 Å². The number of carbonyl (C=O) groups is 1. The molecule has 4 rings (SSSR count). The van der Waals surface area contributed by atoms with Gasteiger partial charge in [0.05, 0.1) is 16.7 Å². The largest absolute Gasteiger partial charge is 0.416 e. The number of alkyl halides is 9. The minimum Gasteiger partial charge on any atom is -0.289 e. The first kappa shape index (κ1) is 23.6. The Hall–Kier alpha value is -3.56. The highest BCUT2D eigenvalue weighted by atomic mass is 19.4. The lowest BCUT2D eigenvalue weighted by Crippen LogP contribution is -2.06. The van der Waals surface area contributed by atoms with Gasteiger partial charge in [-0.25, -0.2) is 0 Å². The van der Waals surface area contributed by atoms with Gasteiger partial charge in [-0.3, -0.25) is 4.79 Å². The van der Waals surface area contributed by atoms with E-state index in [-0.39, 0.29) is 33.4 Å². The minimum absolute atomic E-state index is 0.00863. The van der Waals surface area contributed by atoms with E-state index in [9.17, 15) is 44.3 Å². The molecule has 0 unspecified atom stereocenters. The number of benzene rings is 3.